The van der Waals surface area contributed by atoms with Gasteiger partial charge in [-0.15, -0.1) is 0 Å². The Morgan fingerprint density at radius 3 is 2.37 bits per heavy atom. The molecule has 0 aliphatic rings. The van der Waals surface area contributed by atoms with Gasteiger partial charge in [-0.2, -0.15) is 5.10 Å². The van der Waals surface area contributed by atoms with Crippen LogP contribution in [0.2, 0.25) is 10.0 Å². The molecule has 1 aromatic heterocycles. The van der Waals surface area contributed by atoms with Gasteiger partial charge in [-0.3, -0.25) is 9.40 Å². The summed E-state index contributed by atoms with van der Waals surface area (Å²) in [4.78, 5) is -0.226. The van der Waals surface area contributed by atoms with E-state index < -0.39 is 10.0 Å². The molecule has 9 heteroatoms. The van der Waals surface area contributed by atoms with Crippen molar-refractivity contribution >= 4 is 44.7 Å². The third kappa shape index (κ3) is 2.94. The molecule has 2 rings (SSSR count). The molecule has 0 aliphatic carbocycles. The molecule has 0 aliphatic heterocycles. The van der Waals surface area contributed by atoms with Crippen LogP contribution in [0.15, 0.2) is 29.3 Å². The fraction of sp³-hybridized carbons (Fsp3) is 0.100. The minimum atomic E-state index is -3.92. The number of hydrogen-bond acceptors (Lipinski definition) is 4. The number of hydrogen-bond donors (Lipinski definition) is 2. The van der Waals surface area contributed by atoms with E-state index in [-0.39, 0.29) is 26.4 Å². The molecule has 2 aromatic rings. The minimum Gasteiger partial charge on any atom is -0.399 e. The zero-order valence-corrected chi connectivity index (χ0v) is 12.1. The predicted octanol–water partition coefficient (Wildman–Crippen LogP) is 2.11. The highest BCUT2D eigenvalue weighted by molar-refractivity contribution is 7.93. The van der Waals surface area contributed by atoms with E-state index in [0.717, 1.165) is 0 Å². The van der Waals surface area contributed by atoms with Gasteiger partial charge in [0.25, 0.3) is 10.0 Å². The molecule has 6 nitrogen and oxygen atoms in total. The van der Waals surface area contributed by atoms with E-state index in [2.05, 4.69) is 9.82 Å². The standard InChI is InChI=1S/C10H10Cl2N4O2S/c1-16-3-2-9(14-16)15-19(17,18)10-7(11)4-6(13)5-8(10)12/h2-5H,13H2,1H3,(H,14,15). The Morgan fingerprint density at radius 2 is 1.89 bits per heavy atom. The lowest BCUT2D eigenvalue weighted by Crippen LogP contribution is -2.15. The van der Waals surface area contributed by atoms with Gasteiger partial charge in [0.05, 0.1) is 10.0 Å². The molecule has 0 fully saturated rings. The van der Waals surface area contributed by atoms with Gasteiger partial charge in [-0.05, 0) is 12.1 Å². The molecule has 0 spiro atoms. The van der Waals surface area contributed by atoms with Crippen molar-refractivity contribution in [2.75, 3.05) is 10.5 Å². The third-order valence-electron chi connectivity index (χ3n) is 2.24. The van der Waals surface area contributed by atoms with Crippen molar-refractivity contribution in [3.8, 4) is 0 Å². The first-order chi connectivity index (χ1) is 8.79. The Morgan fingerprint density at radius 1 is 1.32 bits per heavy atom. The predicted molar refractivity (Wildman–Crippen MR) is 74.9 cm³/mol. The van der Waals surface area contributed by atoms with Crippen molar-refractivity contribution in [2.24, 2.45) is 7.05 Å². The highest BCUT2D eigenvalue weighted by atomic mass is 35.5. The summed E-state index contributed by atoms with van der Waals surface area (Å²) in [5.74, 6) is 0.173. The van der Waals surface area contributed by atoms with Crippen LogP contribution in [0.5, 0.6) is 0 Å². The molecule has 3 N–H and O–H groups in total. The molecule has 1 aromatic carbocycles. The van der Waals surface area contributed by atoms with Crippen LogP contribution in [-0.4, -0.2) is 18.2 Å². The lowest BCUT2D eigenvalue weighted by molar-refractivity contribution is 0.601. The summed E-state index contributed by atoms with van der Waals surface area (Å²) in [6.45, 7) is 0. The summed E-state index contributed by atoms with van der Waals surface area (Å²) in [5, 5.41) is 3.82. The highest BCUT2D eigenvalue weighted by Crippen LogP contribution is 2.32. The smallest absolute Gasteiger partial charge is 0.266 e. The van der Waals surface area contributed by atoms with E-state index in [9.17, 15) is 8.42 Å². The van der Waals surface area contributed by atoms with Crippen LogP contribution in [0.3, 0.4) is 0 Å². The minimum absolute atomic E-state index is 0.0477. The second kappa shape index (κ2) is 4.92. The van der Waals surface area contributed by atoms with Gasteiger partial charge in [0.15, 0.2) is 5.82 Å². The number of anilines is 2. The van der Waals surface area contributed by atoms with Gasteiger partial charge < -0.3 is 5.73 Å². The molecule has 102 valence electrons. The number of nitrogen functional groups attached to an aromatic ring is 1. The van der Waals surface area contributed by atoms with Crippen LogP contribution < -0.4 is 10.5 Å². The zero-order valence-electron chi connectivity index (χ0n) is 9.76. The number of rotatable bonds is 3. The lowest BCUT2D eigenvalue weighted by Gasteiger charge is -2.10. The van der Waals surface area contributed by atoms with Gasteiger partial charge in [-0.1, -0.05) is 23.2 Å². The third-order valence-corrected chi connectivity index (χ3v) is 4.52. The average Bonchev–Trinajstić information content (AvgIpc) is 2.60. The van der Waals surface area contributed by atoms with Crippen molar-refractivity contribution in [2.45, 2.75) is 4.90 Å². The van der Waals surface area contributed by atoms with Gasteiger partial charge in [0.1, 0.15) is 4.90 Å². The summed E-state index contributed by atoms with van der Waals surface area (Å²) < 4.78 is 28.1. The van der Waals surface area contributed by atoms with E-state index in [1.165, 1.54) is 22.9 Å². The van der Waals surface area contributed by atoms with Crippen molar-refractivity contribution in [1.82, 2.24) is 9.78 Å². The maximum absolute atomic E-state index is 12.2. The Balaban J connectivity index is 2.45. The molecule has 0 atom stereocenters. The normalized spacial score (nSPS) is 11.5. The molecule has 0 bridgehead atoms. The number of nitrogens with one attached hydrogen (secondary N) is 1. The largest absolute Gasteiger partial charge is 0.399 e. The second-order valence-electron chi connectivity index (χ2n) is 3.79. The van der Waals surface area contributed by atoms with E-state index >= 15 is 0 Å². The van der Waals surface area contributed by atoms with Crippen molar-refractivity contribution in [3.05, 3.63) is 34.4 Å². The zero-order chi connectivity index (χ0) is 14.2. The number of aryl methyl sites for hydroxylation is 1. The molecule has 1 heterocycles. The Kier molecular flexibility index (Phi) is 3.62. The molecule has 19 heavy (non-hydrogen) atoms. The quantitative estimate of drug-likeness (QED) is 0.847. The van der Waals surface area contributed by atoms with Crippen LogP contribution in [0.1, 0.15) is 0 Å². The maximum Gasteiger partial charge on any atom is 0.266 e. The summed E-state index contributed by atoms with van der Waals surface area (Å²) >= 11 is 11.8. The second-order valence-corrected chi connectivity index (χ2v) is 6.23. The molecule has 0 radical (unpaired) electrons. The van der Waals surface area contributed by atoms with E-state index in [0.29, 0.717) is 0 Å². The number of sulfonamides is 1. The molecule has 0 unspecified atom stereocenters. The Labute approximate surface area is 120 Å². The number of halogens is 2. The van der Waals surface area contributed by atoms with Crippen LogP contribution in [0, 0.1) is 0 Å². The van der Waals surface area contributed by atoms with E-state index in [4.69, 9.17) is 28.9 Å². The van der Waals surface area contributed by atoms with Crippen LogP contribution >= 0.6 is 23.2 Å². The van der Waals surface area contributed by atoms with Crippen molar-refractivity contribution in [3.63, 3.8) is 0 Å². The van der Waals surface area contributed by atoms with Crippen LogP contribution in [0.25, 0.3) is 0 Å². The van der Waals surface area contributed by atoms with E-state index in [1.54, 1.807) is 13.2 Å². The number of nitrogens with two attached hydrogens (primary N) is 1. The highest BCUT2D eigenvalue weighted by Gasteiger charge is 2.23. The van der Waals surface area contributed by atoms with Crippen molar-refractivity contribution < 1.29 is 8.42 Å². The summed E-state index contributed by atoms with van der Waals surface area (Å²) in [6.07, 6.45) is 1.60. The molecule has 0 saturated heterocycles. The first-order valence-corrected chi connectivity index (χ1v) is 7.30. The Bertz CT molecular complexity index is 704. The fourth-order valence-electron chi connectivity index (χ4n) is 1.49. The lowest BCUT2D eigenvalue weighted by atomic mass is 10.3. The van der Waals surface area contributed by atoms with Crippen LogP contribution in [-0.2, 0) is 17.1 Å². The number of aromatic nitrogens is 2. The average molecular weight is 321 g/mol. The van der Waals surface area contributed by atoms with Gasteiger partial charge in [0, 0.05) is 25.0 Å². The van der Waals surface area contributed by atoms with Gasteiger partial charge >= 0.3 is 0 Å². The number of nitrogens with zero attached hydrogens (tertiary/aromatic N) is 2. The Hall–Kier alpha value is -1.44. The number of benzene rings is 1. The van der Waals surface area contributed by atoms with E-state index in [1.807, 2.05) is 0 Å². The summed E-state index contributed by atoms with van der Waals surface area (Å²) in [5.41, 5.74) is 5.81. The topological polar surface area (TPSA) is 90.0 Å². The van der Waals surface area contributed by atoms with Crippen LogP contribution in [0.4, 0.5) is 11.5 Å². The van der Waals surface area contributed by atoms with Crippen molar-refractivity contribution in [1.29, 1.82) is 0 Å². The first kappa shape index (κ1) is 14.0. The molecular weight excluding hydrogens is 311 g/mol. The van der Waals surface area contributed by atoms with Gasteiger partial charge in [-0.25, -0.2) is 8.42 Å². The monoisotopic (exact) mass is 320 g/mol. The first-order valence-electron chi connectivity index (χ1n) is 5.06. The maximum atomic E-state index is 12.2. The molecular formula is C10H10Cl2N4O2S. The molecule has 0 saturated carbocycles. The van der Waals surface area contributed by atoms with Gasteiger partial charge in [0.2, 0.25) is 0 Å². The summed E-state index contributed by atoms with van der Waals surface area (Å²) in [6, 6.07) is 4.15. The summed E-state index contributed by atoms with van der Waals surface area (Å²) in [7, 11) is -2.26. The fourth-order valence-corrected chi connectivity index (χ4v) is 3.73. The SMILES string of the molecule is Cn1ccc(NS(=O)(=O)c2c(Cl)cc(N)cc2Cl)n1. The molecule has 0 amide bonds.